The van der Waals surface area contributed by atoms with Crippen molar-refractivity contribution in [2.45, 2.75) is 33.0 Å². The summed E-state index contributed by atoms with van der Waals surface area (Å²) in [7, 11) is 0. The molecule has 3 heterocycles. The molecule has 0 bridgehead atoms. The Hall–Kier alpha value is -3.20. The van der Waals surface area contributed by atoms with Crippen LogP contribution in [0.1, 0.15) is 39.2 Å². The number of pyridine rings is 1. The number of hydrogen-bond acceptors (Lipinski definition) is 4. The van der Waals surface area contributed by atoms with Crippen LogP contribution in [0.3, 0.4) is 0 Å². The van der Waals surface area contributed by atoms with Crippen molar-refractivity contribution in [1.82, 2.24) is 24.6 Å². The molecule has 174 valence electrons. The van der Waals surface area contributed by atoms with Crippen LogP contribution in [0.15, 0.2) is 48.8 Å². The molecule has 0 spiro atoms. The molecular weight excluding hydrogens is 431 g/mol. The van der Waals surface area contributed by atoms with Gasteiger partial charge >= 0.3 is 6.18 Å². The zero-order valence-corrected chi connectivity index (χ0v) is 18.6. The van der Waals surface area contributed by atoms with E-state index in [9.17, 15) is 18.0 Å². The number of aryl methyl sites for hydroxylation is 1. The lowest BCUT2D eigenvalue weighted by Crippen LogP contribution is -2.35. The van der Waals surface area contributed by atoms with Crippen molar-refractivity contribution in [2.24, 2.45) is 0 Å². The third-order valence-electron chi connectivity index (χ3n) is 6.06. The number of carbonyl (C=O) groups is 1. The van der Waals surface area contributed by atoms with Crippen LogP contribution in [0.25, 0.3) is 5.82 Å². The van der Waals surface area contributed by atoms with Gasteiger partial charge in [-0.1, -0.05) is 24.3 Å². The zero-order valence-electron chi connectivity index (χ0n) is 18.6. The van der Waals surface area contributed by atoms with E-state index in [0.717, 1.165) is 38.3 Å². The average Bonchev–Trinajstić information content (AvgIpc) is 3.01. The molecule has 6 nitrogen and oxygen atoms in total. The van der Waals surface area contributed by atoms with E-state index in [-0.39, 0.29) is 11.7 Å². The Kier molecular flexibility index (Phi) is 6.51. The van der Waals surface area contributed by atoms with Gasteiger partial charge in [0.05, 0.1) is 23.0 Å². The summed E-state index contributed by atoms with van der Waals surface area (Å²) >= 11 is 0. The van der Waals surface area contributed by atoms with E-state index in [2.05, 4.69) is 34.0 Å². The summed E-state index contributed by atoms with van der Waals surface area (Å²) in [6.45, 7) is 7.61. The Morgan fingerprint density at radius 3 is 2.48 bits per heavy atom. The molecule has 0 N–H and O–H groups in total. The molecular formula is C24H26F3N5O. The summed E-state index contributed by atoms with van der Waals surface area (Å²) in [5, 5.41) is 4.21. The maximum absolute atomic E-state index is 13.2. The van der Waals surface area contributed by atoms with Crippen LogP contribution >= 0.6 is 0 Å². The number of amides is 1. The molecule has 0 radical (unpaired) electrons. The minimum Gasteiger partial charge on any atom is -0.337 e. The fraction of sp³-hybridized carbons (Fsp3) is 0.375. The highest BCUT2D eigenvalue weighted by molar-refractivity contribution is 5.95. The van der Waals surface area contributed by atoms with E-state index < -0.39 is 11.7 Å². The predicted octanol–water partition coefficient (Wildman–Crippen LogP) is 4.25. The van der Waals surface area contributed by atoms with Gasteiger partial charge in [0.2, 0.25) is 0 Å². The normalized spacial score (nSPS) is 15.5. The largest absolute Gasteiger partial charge is 0.417 e. The number of halogens is 3. The molecule has 1 amide bonds. The van der Waals surface area contributed by atoms with Gasteiger partial charge in [0.25, 0.3) is 5.91 Å². The van der Waals surface area contributed by atoms with Crippen LogP contribution in [0, 0.1) is 13.8 Å². The fourth-order valence-electron chi connectivity index (χ4n) is 4.06. The topological polar surface area (TPSA) is 54.3 Å². The SMILES string of the molecule is Cc1ccccc1CN1CCCN(C(=O)c2cnn(-c3ccc(C(F)(F)F)cn3)c2C)CC1. The van der Waals surface area contributed by atoms with Gasteiger partial charge < -0.3 is 4.90 Å². The number of aromatic nitrogens is 3. The molecule has 1 saturated heterocycles. The molecule has 0 atom stereocenters. The molecule has 1 fully saturated rings. The van der Waals surface area contributed by atoms with E-state index in [1.54, 1.807) is 6.92 Å². The molecule has 1 aliphatic rings. The van der Waals surface area contributed by atoms with Crippen molar-refractivity contribution in [3.05, 3.63) is 76.7 Å². The second-order valence-electron chi connectivity index (χ2n) is 8.31. The van der Waals surface area contributed by atoms with E-state index >= 15 is 0 Å². The van der Waals surface area contributed by atoms with Crippen molar-refractivity contribution in [2.75, 3.05) is 26.2 Å². The molecule has 0 unspecified atom stereocenters. The fourth-order valence-corrected chi connectivity index (χ4v) is 4.06. The third-order valence-corrected chi connectivity index (χ3v) is 6.06. The molecule has 1 aromatic carbocycles. The lowest BCUT2D eigenvalue weighted by Gasteiger charge is -2.22. The first-order valence-corrected chi connectivity index (χ1v) is 10.9. The number of nitrogens with zero attached hydrogens (tertiary/aromatic N) is 5. The Bertz CT molecular complexity index is 1120. The van der Waals surface area contributed by atoms with Crippen molar-refractivity contribution >= 4 is 5.91 Å². The van der Waals surface area contributed by atoms with Gasteiger partial charge in [-0.3, -0.25) is 9.69 Å². The first kappa shape index (κ1) is 23.0. The van der Waals surface area contributed by atoms with Crippen LogP contribution in [-0.4, -0.2) is 56.7 Å². The monoisotopic (exact) mass is 457 g/mol. The van der Waals surface area contributed by atoms with Gasteiger partial charge in [-0.25, -0.2) is 9.67 Å². The standard InChI is InChI=1S/C24H26F3N5O/c1-17-6-3-4-7-19(17)16-30-10-5-11-31(13-12-30)23(33)21-15-29-32(18(21)2)22-9-8-20(14-28-22)24(25,26)27/h3-4,6-9,14-15H,5,10-13,16H2,1-2H3. The van der Waals surface area contributed by atoms with Crippen LogP contribution < -0.4 is 0 Å². The molecule has 1 aliphatic heterocycles. The van der Waals surface area contributed by atoms with Crippen LogP contribution in [0.2, 0.25) is 0 Å². The van der Waals surface area contributed by atoms with Gasteiger partial charge in [0.1, 0.15) is 0 Å². The van der Waals surface area contributed by atoms with Crippen molar-refractivity contribution < 1.29 is 18.0 Å². The summed E-state index contributed by atoms with van der Waals surface area (Å²) in [4.78, 5) is 21.3. The van der Waals surface area contributed by atoms with E-state index in [0.29, 0.717) is 24.3 Å². The number of alkyl halides is 3. The summed E-state index contributed by atoms with van der Waals surface area (Å²) in [5.41, 5.74) is 2.71. The Morgan fingerprint density at radius 1 is 1.00 bits per heavy atom. The molecule has 4 rings (SSSR count). The minimum atomic E-state index is -4.45. The van der Waals surface area contributed by atoms with E-state index in [1.165, 1.54) is 28.1 Å². The summed E-state index contributed by atoms with van der Waals surface area (Å²) < 4.78 is 39.8. The second kappa shape index (κ2) is 9.35. The molecule has 3 aromatic rings. The van der Waals surface area contributed by atoms with Gasteiger partial charge in [0, 0.05) is 38.9 Å². The number of rotatable bonds is 4. The van der Waals surface area contributed by atoms with Gasteiger partial charge in [-0.05, 0) is 43.5 Å². The van der Waals surface area contributed by atoms with Crippen LogP contribution in [0.4, 0.5) is 13.2 Å². The van der Waals surface area contributed by atoms with E-state index in [4.69, 9.17) is 0 Å². The first-order chi connectivity index (χ1) is 15.7. The van der Waals surface area contributed by atoms with E-state index in [1.807, 2.05) is 17.0 Å². The highest BCUT2D eigenvalue weighted by atomic mass is 19.4. The van der Waals surface area contributed by atoms with Crippen molar-refractivity contribution in [1.29, 1.82) is 0 Å². The van der Waals surface area contributed by atoms with Crippen LogP contribution in [-0.2, 0) is 12.7 Å². The number of carbonyl (C=O) groups excluding carboxylic acids is 1. The Labute approximate surface area is 190 Å². The summed E-state index contributed by atoms with van der Waals surface area (Å²) in [6, 6.07) is 10.5. The Morgan fingerprint density at radius 2 is 1.79 bits per heavy atom. The highest BCUT2D eigenvalue weighted by Gasteiger charge is 2.31. The predicted molar refractivity (Wildman–Crippen MR) is 118 cm³/mol. The smallest absolute Gasteiger partial charge is 0.337 e. The maximum atomic E-state index is 13.2. The molecule has 0 saturated carbocycles. The minimum absolute atomic E-state index is 0.122. The lowest BCUT2D eigenvalue weighted by molar-refractivity contribution is -0.137. The second-order valence-corrected chi connectivity index (χ2v) is 8.31. The molecule has 0 aliphatic carbocycles. The Balaban J connectivity index is 1.44. The summed E-state index contributed by atoms with van der Waals surface area (Å²) in [5.74, 6) is 0.114. The first-order valence-electron chi connectivity index (χ1n) is 10.9. The lowest BCUT2D eigenvalue weighted by atomic mass is 10.1. The number of benzene rings is 1. The van der Waals surface area contributed by atoms with Crippen molar-refractivity contribution in [3.63, 3.8) is 0 Å². The quantitative estimate of drug-likeness (QED) is 0.588. The third kappa shape index (κ3) is 5.08. The average molecular weight is 458 g/mol. The van der Waals surface area contributed by atoms with Gasteiger partial charge in [-0.2, -0.15) is 18.3 Å². The van der Waals surface area contributed by atoms with Gasteiger partial charge in [-0.15, -0.1) is 0 Å². The zero-order chi connectivity index (χ0) is 23.6. The van der Waals surface area contributed by atoms with Crippen molar-refractivity contribution in [3.8, 4) is 5.82 Å². The highest BCUT2D eigenvalue weighted by Crippen LogP contribution is 2.29. The maximum Gasteiger partial charge on any atom is 0.417 e. The molecule has 9 heteroatoms. The number of hydrogen-bond donors (Lipinski definition) is 0. The molecule has 33 heavy (non-hydrogen) atoms. The molecule has 2 aromatic heterocycles. The summed E-state index contributed by atoms with van der Waals surface area (Å²) in [6.07, 6.45) is -1.35. The van der Waals surface area contributed by atoms with Crippen LogP contribution in [0.5, 0.6) is 0 Å². The van der Waals surface area contributed by atoms with Gasteiger partial charge in [0.15, 0.2) is 5.82 Å².